The zero-order valence-electron chi connectivity index (χ0n) is 6.13. The van der Waals surface area contributed by atoms with E-state index in [4.69, 9.17) is 5.73 Å². The van der Waals surface area contributed by atoms with Gasteiger partial charge in [-0.1, -0.05) is 0 Å². The smallest absolute Gasteiger partial charge is 0.157 e. The second-order valence-corrected chi connectivity index (χ2v) is 2.52. The Morgan fingerprint density at radius 3 is 3.18 bits per heavy atom. The number of nitrogen functional groups attached to an aromatic ring is 1. The number of aromatic amines is 1. The Kier molecular flexibility index (Phi) is 1.09. The molecule has 56 valence electrons. The molecule has 4 nitrogen and oxygen atoms in total. The molecule has 0 aliphatic carbocycles. The van der Waals surface area contributed by atoms with Crippen molar-refractivity contribution in [3.63, 3.8) is 0 Å². The molecular weight excluding hydrogens is 140 g/mol. The summed E-state index contributed by atoms with van der Waals surface area (Å²) in [6, 6.07) is 1.96. The summed E-state index contributed by atoms with van der Waals surface area (Å²) in [5, 5.41) is 7.45. The highest BCUT2D eigenvalue weighted by atomic mass is 15.2. The van der Waals surface area contributed by atoms with Crippen LogP contribution in [-0.2, 0) is 0 Å². The van der Waals surface area contributed by atoms with Crippen LogP contribution in [0.3, 0.4) is 0 Å². The number of pyridine rings is 1. The number of aryl methyl sites for hydroxylation is 1. The van der Waals surface area contributed by atoms with E-state index in [2.05, 4.69) is 15.2 Å². The maximum absolute atomic E-state index is 5.56. The molecule has 0 saturated carbocycles. The monoisotopic (exact) mass is 148 g/mol. The predicted molar refractivity (Wildman–Crippen MR) is 43.0 cm³/mol. The molecule has 0 aromatic carbocycles. The van der Waals surface area contributed by atoms with E-state index in [0.29, 0.717) is 5.82 Å². The van der Waals surface area contributed by atoms with E-state index in [0.717, 1.165) is 16.6 Å². The number of nitrogens with two attached hydrogens (primary N) is 1. The SMILES string of the molecule is Cc1cnc2[nH]nc(N)c2c1. The highest BCUT2D eigenvalue weighted by Gasteiger charge is 2.01. The second kappa shape index (κ2) is 1.95. The van der Waals surface area contributed by atoms with Crippen LogP contribution in [0.2, 0.25) is 0 Å². The highest BCUT2D eigenvalue weighted by Crippen LogP contribution is 2.15. The minimum Gasteiger partial charge on any atom is -0.382 e. The van der Waals surface area contributed by atoms with E-state index in [9.17, 15) is 0 Å². The van der Waals surface area contributed by atoms with Gasteiger partial charge in [-0.3, -0.25) is 5.10 Å². The van der Waals surface area contributed by atoms with Crippen LogP contribution >= 0.6 is 0 Å². The van der Waals surface area contributed by atoms with Crippen molar-refractivity contribution in [2.24, 2.45) is 0 Å². The third kappa shape index (κ3) is 0.832. The van der Waals surface area contributed by atoms with Gasteiger partial charge in [-0.25, -0.2) is 4.98 Å². The summed E-state index contributed by atoms with van der Waals surface area (Å²) < 4.78 is 0. The summed E-state index contributed by atoms with van der Waals surface area (Å²) >= 11 is 0. The van der Waals surface area contributed by atoms with Crippen molar-refractivity contribution in [3.8, 4) is 0 Å². The van der Waals surface area contributed by atoms with Crippen molar-refractivity contribution in [1.82, 2.24) is 15.2 Å². The molecule has 11 heavy (non-hydrogen) atoms. The van der Waals surface area contributed by atoms with Crippen LogP contribution in [0.25, 0.3) is 11.0 Å². The van der Waals surface area contributed by atoms with Gasteiger partial charge in [-0.05, 0) is 18.6 Å². The number of nitrogens with zero attached hydrogens (tertiary/aromatic N) is 2. The van der Waals surface area contributed by atoms with Crippen molar-refractivity contribution in [3.05, 3.63) is 17.8 Å². The van der Waals surface area contributed by atoms with Crippen molar-refractivity contribution >= 4 is 16.9 Å². The Balaban J connectivity index is 2.87. The molecule has 2 aromatic rings. The normalized spacial score (nSPS) is 10.6. The van der Waals surface area contributed by atoms with Crippen molar-refractivity contribution in [2.75, 3.05) is 5.73 Å². The van der Waals surface area contributed by atoms with Gasteiger partial charge in [0.15, 0.2) is 11.5 Å². The average molecular weight is 148 g/mol. The van der Waals surface area contributed by atoms with E-state index in [1.165, 1.54) is 0 Å². The molecule has 0 aliphatic rings. The lowest BCUT2D eigenvalue weighted by molar-refractivity contribution is 1.10. The maximum Gasteiger partial charge on any atom is 0.157 e. The van der Waals surface area contributed by atoms with E-state index >= 15 is 0 Å². The fraction of sp³-hybridized carbons (Fsp3) is 0.143. The largest absolute Gasteiger partial charge is 0.382 e. The van der Waals surface area contributed by atoms with Crippen LogP contribution in [0.4, 0.5) is 5.82 Å². The van der Waals surface area contributed by atoms with Gasteiger partial charge >= 0.3 is 0 Å². The van der Waals surface area contributed by atoms with Gasteiger partial charge in [0.2, 0.25) is 0 Å². The van der Waals surface area contributed by atoms with Gasteiger partial charge in [-0.2, -0.15) is 5.10 Å². The van der Waals surface area contributed by atoms with Crippen molar-refractivity contribution in [2.45, 2.75) is 6.92 Å². The molecule has 4 heteroatoms. The highest BCUT2D eigenvalue weighted by molar-refractivity contribution is 5.85. The van der Waals surface area contributed by atoms with Crippen molar-refractivity contribution < 1.29 is 0 Å². The quantitative estimate of drug-likeness (QED) is 0.582. The zero-order chi connectivity index (χ0) is 7.84. The van der Waals surface area contributed by atoms with E-state index in [1.807, 2.05) is 13.0 Å². The fourth-order valence-corrected chi connectivity index (χ4v) is 1.03. The Morgan fingerprint density at radius 2 is 2.36 bits per heavy atom. The molecule has 2 heterocycles. The third-order valence-electron chi connectivity index (χ3n) is 1.58. The summed E-state index contributed by atoms with van der Waals surface area (Å²) in [6.45, 7) is 1.97. The van der Waals surface area contributed by atoms with Crippen LogP contribution in [0.15, 0.2) is 12.3 Å². The minimum atomic E-state index is 0.510. The van der Waals surface area contributed by atoms with Gasteiger partial charge < -0.3 is 5.73 Å². The predicted octanol–water partition coefficient (Wildman–Crippen LogP) is 0.849. The second-order valence-electron chi connectivity index (χ2n) is 2.52. The van der Waals surface area contributed by atoms with Crippen molar-refractivity contribution in [1.29, 1.82) is 0 Å². The van der Waals surface area contributed by atoms with Crippen LogP contribution in [0, 0.1) is 6.92 Å². The van der Waals surface area contributed by atoms with Crippen LogP contribution in [0.5, 0.6) is 0 Å². The molecule has 0 fully saturated rings. The molecule has 0 saturated heterocycles. The molecular formula is C7H8N4. The summed E-state index contributed by atoms with van der Waals surface area (Å²) in [6.07, 6.45) is 1.78. The number of fused-ring (bicyclic) bond motifs is 1. The number of hydrogen-bond acceptors (Lipinski definition) is 3. The molecule has 2 aromatic heterocycles. The number of anilines is 1. The number of aromatic nitrogens is 3. The Labute approximate surface area is 63.4 Å². The first-order valence-electron chi connectivity index (χ1n) is 3.33. The summed E-state index contributed by atoms with van der Waals surface area (Å²) in [7, 11) is 0. The molecule has 0 aliphatic heterocycles. The van der Waals surface area contributed by atoms with Gasteiger partial charge in [0, 0.05) is 6.20 Å². The standard InChI is InChI=1S/C7H8N4/c1-4-2-5-6(8)10-11-7(5)9-3-4/h2-3H,1H3,(H3,8,9,10,11). The van der Waals surface area contributed by atoms with Crippen LogP contribution < -0.4 is 5.73 Å². The molecule has 0 unspecified atom stereocenters. The first-order valence-corrected chi connectivity index (χ1v) is 3.33. The lowest BCUT2D eigenvalue weighted by atomic mass is 10.2. The number of nitrogens with one attached hydrogen (secondary N) is 1. The summed E-state index contributed by atoms with van der Waals surface area (Å²) in [4.78, 5) is 4.10. The van der Waals surface area contributed by atoms with E-state index in [1.54, 1.807) is 6.20 Å². The first-order chi connectivity index (χ1) is 5.27. The topological polar surface area (TPSA) is 67.6 Å². The van der Waals surface area contributed by atoms with Gasteiger partial charge in [0.1, 0.15) is 0 Å². The molecule has 0 spiro atoms. The first kappa shape index (κ1) is 6.15. The molecule has 0 radical (unpaired) electrons. The van der Waals surface area contributed by atoms with E-state index < -0.39 is 0 Å². The minimum absolute atomic E-state index is 0.510. The fourth-order valence-electron chi connectivity index (χ4n) is 1.03. The number of rotatable bonds is 0. The number of hydrogen-bond donors (Lipinski definition) is 2. The summed E-state index contributed by atoms with van der Waals surface area (Å²) in [5.41, 5.74) is 7.39. The van der Waals surface area contributed by atoms with E-state index in [-0.39, 0.29) is 0 Å². The maximum atomic E-state index is 5.56. The summed E-state index contributed by atoms with van der Waals surface area (Å²) in [5.74, 6) is 0.510. The van der Waals surface area contributed by atoms with Crippen LogP contribution in [0.1, 0.15) is 5.56 Å². The third-order valence-corrected chi connectivity index (χ3v) is 1.58. The Morgan fingerprint density at radius 1 is 1.55 bits per heavy atom. The Bertz CT molecular complexity index is 390. The molecule has 3 N–H and O–H groups in total. The van der Waals surface area contributed by atoms with Gasteiger partial charge in [0.25, 0.3) is 0 Å². The molecule has 2 rings (SSSR count). The molecule has 0 amide bonds. The zero-order valence-corrected chi connectivity index (χ0v) is 6.13. The van der Waals surface area contributed by atoms with Crippen LogP contribution in [-0.4, -0.2) is 15.2 Å². The van der Waals surface area contributed by atoms with Gasteiger partial charge in [-0.15, -0.1) is 0 Å². The Hall–Kier alpha value is -1.58. The molecule has 0 bridgehead atoms. The van der Waals surface area contributed by atoms with Gasteiger partial charge in [0.05, 0.1) is 5.39 Å². The molecule has 0 atom stereocenters. The average Bonchev–Trinajstić information content (AvgIpc) is 2.33. The number of H-pyrrole nitrogens is 1. The lowest BCUT2D eigenvalue weighted by Gasteiger charge is -1.90. The lowest BCUT2D eigenvalue weighted by Crippen LogP contribution is -1.84.